The number of aromatic nitrogens is 2. The molecule has 3 rings (SSSR count). The maximum absolute atomic E-state index is 12.3. The Kier molecular flexibility index (Phi) is 4.20. The van der Waals surface area contributed by atoms with Gasteiger partial charge in [-0.05, 0) is 38.3 Å². The van der Waals surface area contributed by atoms with E-state index in [9.17, 15) is 4.79 Å². The quantitative estimate of drug-likeness (QED) is 0.943. The molecule has 0 saturated carbocycles. The third-order valence-electron chi connectivity index (χ3n) is 3.91. The van der Waals surface area contributed by atoms with Gasteiger partial charge in [0.2, 0.25) is 0 Å². The van der Waals surface area contributed by atoms with Crippen LogP contribution in [0.1, 0.15) is 46.4 Å². The summed E-state index contributed by atoms with van der Waals surface area (Å²) < 4.78 is 10.8. The fraction of sp³-hybridized carbons (Fsp3) is 0.438. The highest BCUT2D eigenvalue weighted by Gasteiger charge is 2.23. The van der Waals surface area contributed by atoms with Crippen molar-refractivity contribution >= 4 is 11.6 Å². The van der Waals surface area contributed by atoms with Gasteiger partial charge >= 0.3 is 0 Å². The molecule has 2 aromatic heterocycles. The van der Waals surface area contributed by atoms with Crippen LogP contribution in [0.5, 0.6) is 0 Å². The lowest BCUT2D eigenvalue weighted by molar-refractivity contribution is 0.0794. The molecule has 1 amide bonds. The number of pyridine rings is 1. The van der Waals surface area contributed by atoms with E-state index in [1.165, 1.54) is 6.26 Å². The van der Waals surface area contributed by atoms with Crippen LogP contribution in [0.15, 0.2) is 22.9 Å². The molecule has 2 aromatic rings. The van der Waals surface area contributed by atoms with Crippen molar-refractivity contribution in [1.82, 2.24) is 9.97 Å². The minimum absolute atomic E-state index is 0.233. The summed E-state index contributed by atoms with van der Waals surface area (Å²) in [5.74, 6) is 0.575. The molecule has 1 N–H and O–H groups in total. The first-order chi connectivity index (χ1) is 10.6. The average Bonchev–Trinajstić information content (AvgIpc) is 3.02. The minimum Gasteiger partial charge on any atom is -0.448 e. The number of amides is 1. The minimum atomic E-state index is -0.277. The second-order valence-corrected chi connectivity index (χ2v) is 5.50. The predicted molar refractivity (Wildman–Crippen MR) is 81.0 cm³/mol. The Morgan fingerprint density at radius 1 is 1.32 bits per heavy atom. The Labute approximate surface area is 128 Å². The van der Waals surface area contributed by atoms with Crippen LogP contribution in [0, 0.1) is 13.8 Å². The fourth-order valence-corrected chi connectivity index (χ4v) is 2.58. The number of oxazole rings is 1. The van der Waals surface area contributed by atoms with E-state index in [0.717, 1.165) is 29.8 Å². The zero-order valence-electron chi connectivity index (χ0n) is 12.8. The number of nitrogens with zero attached hydrogens (tertiary/aromatic N) is 2. The Bertz CT molecular complexity index is 655. The molecule has 3 heterocycles. The number of aryl methyl sites for hydroxylation is 2. The summed E-state index contributed by atoms with van der Waals surface area (Å²) in [5.41, 5.74) is 2.77. The molecule has 0 atom stereocenters. The van der Waals surface area contributed by atoms with E-state index in [1.54, 1.807) is 6.20 Å². The highest BCUT2D eigenvalue weighted by atomic mass is 16.5. The van der Waals surface area contributed by atoms with E-state index in [1.807, 2.05) is 19.9 Å². The molecule has 6 nitrogen and oxygen atoms in total. The van der Waals surface area contributed by atoms with Gasteiger partial charge in [-0.1, -0.05) is 0 Å². The zero-order chi connectivity index (χ0) is 15.5. The second-order valence-electron chi connectivity index (χ2n) is 5.50. The molecule has 1 aliphatic heterocycles. The van der Waals surface area contributed by atoms with Crippen molar-refractivity contribution in [2.75, 3.05) is 18.5 Å². The van der Waals surface area contributed by atoms with E-state index in [0.29, 0.717) is 24.8 Å². The number of hydrogen-bond donors (Lipinski definition) is 1. The third kappa shape index (κ3) is 3.01. The van der Waals surface area contributed by atoms with Crippen LogP contribution in [-0.2, 0) is 4.74 Å². The van der Waals surface area contributed by atoms with Gasteiger partial charge in [0.05, 0.1) is 11.4 Å². The van der Waals surface area contributed by atoms with Crippen LogP contribution >= 0.6 is 0 Å². The molecular formula is C16H19N3O3. The normalized spacial score (nSPS) is 15.7. The monoisotopic (exact) mass is 301 g/mol. The Morgan fingerprint density at radius 3 is 2.82 bits per heavy atom. The first kappa shape index (κ1) is 14.7. The fourth-order valence-electron chi connectivity index (χ4n) is 2.58. The van der Waals surface area contributed by atoms with Crippen molar-refractivity contribution in [2.24, 2.45) is 0 Å². The molecule has 0 aromatic carbocycles. The smallest absolute Gasteiger partial charge is 0.277 e. The lowest BCUT2D eigenvalue weighted by Crippen LogP contribution is -2.16. The molecule has 1 saturated heterocycles. The summed E-state index contributed by atoms with van der Waals surface area (Å²) in [6.07, 6.45) is 4.89. The van der Waals surface area contributed by atoms with E-state index in [-0.39, 0.29) is 11.8 Å². The Hall–Kier alpha value is -2.21. The van der Waals surface area contributed by atoms with Gasteiger partial charge in [0.15, 0.2) is 11.6 Å². The van der Waals surface area contributed by atoms with Crippen molar-refractivity contribution < 1.29 is 13.9 Å². The molecule has 116 valence electrons. The SMILES string of the molecule is Cc1ccnc(C)c1NC(=O)c1coc(C2CCOCC2)n1. The Balaban J connectivity index is 1.74. The number of nitrogens with one attached hydrogen (secondary N) is 1. The summed E-state index contributed by atoms with van der Waals surface area (Å²) in [6, 6.07) is 1.86. The van der Waals surface area contributed by atoms with E-state index in [4.69, 9.17) is 9.15 Å². The number of ether oxygens (including phenoxy) is 1. The molecule has 1 fully saturated rings. The summed E-state index contributed by atoms with van der Waals surface area (Å²) in [5, 5.41) is 2.86. The number of carbonyl (C=O) groups is 1. The molecule has 0 unspecified atom stereocenters. The van der Waals surface area contributed by atoms with E-state index in [2.05, 4.69) is 15.3 Å². The molecule has 22 heavy (non-hydrogen) atoms. The Morgan fingerprint density at radius 2 is 2.09 bits per heavy atom. The summed E-state index contributed by atoms with van der Waals surface area (Å²) >= 11 is 0. The topological polar surface area (TPSA) is 77.2 Å². The lowest BCUT2D eigenvalue weighted by atomic mass is 10.0. The molecule has 0 bridgehead atoms. The largest absolute Gasteiger partial charge is 0.448 e. The molecule has 0 aliphatic carbocycles. The number of anilines is 1. The van der Waals surface area contributed by atoms with Gasteiger partial charge in [-0.15, -0.1) is 0 Å². The van der Waals surface area contributed by atoms with Gasteiger partial charge in [-0.2, -0.15) is 0 Å². The average molecular weight is 301 g/mol. The standard InChI is InChI=1S/C16H19N3O3/c1-10-3-6-17-11(2)14(10)19-15(20)13-9-22-16(18-13)12-4-7-21-8-5-12/h3,6,9,12H,4-5,7-8H2,1-2H3,(H,19,20). The van der Waals surface area contributed by atoms with Crippen LogP contribution in [0.3, 0.4) is 0 Å². The third-order valence-corrected chi connectivity index (χ3v) is 3.91. The van der Waals surface area contributed by atoms with Crippen LogP contribution in [0.4, 0.5) is 5.69 Å². The van der Waals surface area contributed by atoms with E-state index < -0.39 is 0 Å². The lowest BCUT2D eigenvalue weighted by Gasteiger charge is -2.18. The number of rotatable bonds is 3. The van der Waals surface area contributed by atoms with Crippen molar-refractivity contribution in [2.45, 2.75) is 32.6 Å². The van der Waals surface area contributed by atoms with Crippen LogP contribution in [0.25, 0.3) is 0 Å². The van der Waals surface area contributed by atoms with Gasteiger partial charge in [0.25, 0.3) is 5.91 Å². The summed E-state index contributed by atoms with van der Waals surface area (Å²) in [4.78, 5) is 20.9. The highest BCUT2D eigenvalue weighted by molar-refractivity contribution is 6.03. The van der Waals surface area contributed by atoms with Crippen LogP contribution < -0.4 is 5.32 Å². The maximum atomic E-state index is 12.3. The second kappa shape index (κ2) is 6.27. The summed E-state index contributed by atoms with van der Waals surface area (Å²) in [7, 11) is 0. The van der Waals surface area contributed by atoms with E-state index >= 15 is 0 Å². The zero-order valence-corrected chi connectivity index (χ0v) is 12.8. The molecule has 1 aliphatic rings. The number of carbonyl (C=O) groups excluding carboxylic acids is 1. The van der Waals surface area contributed by atoms with Crippen molar-refractivity contribution in [1.29, 1.82) is 0 Å². The van der Waals surface area contributed by atoms with Gasteiger partial charge in [-0.25, -0.2) is 4.98 Å². The first-order valence-corrected chi connectivity index (χ1v) is 7.42. The van der Waals surface area contributed by atoms with Gasteiger partial charge in [-0.3, -0.25) is 9.78 Å². The van der Waals surface area contributed by atoms with Crippen molar-refractivity contribution in [3.63, 3.8) is 0 Å². The number of hydrogen-bond acceptors (Lipinski definition) is 5. The molecular weight excluding hydrogens is 282 g/mol. The van der Waals surface area contributed by atoms with Crippen LogP contribution in [0.2, 0.25) is 0 Å². The van der Waals surface area contributed by atoms with Crippen molar-refractivity contribution in [3.05, 3.63) is 41.4 Å². The van der Waals surface area contributed by atoms with Gasteiger partial charge in [0, 0.05) is 25.3 Å². The first-order valence-electron chi connectivity index (χ1n) is 7.42. The van der Waals surface area contributed by atoms with Gasteiger partial charge in [0.1, 0.15) is 6.26 Å². The van der Waals surface area contributed by atoms with Gasteiger partial charge < -0.3 is 14.5 Å². The van der Waals surface area contributed by atoms with Crippen LogP contribution in [-0.4, -0.2) is 29.1 Å². The van der Waals surface area contributed by atoms with Crippen molar-refractivity contribution in [3.8, 4) is 0 Å². The highest BCUT2D eigenvalue weighted by Crippen LogP contribution is 2.26. The summed E-state index contributed by atoms with van der Waals surface area (Å²) in [6.45, 7) is 5.21. The molecule has 6 heteroatoms. The predicted octanol–water partition coefficient (Wildman–Crippen LogP) is 2.83. The molecule has 0 radical (unpaired) electrons. The molecule has 0 spiro atoms. The maximum Gasteiger partial charge on any atom is 0.277 e.